The highest BCUT2D eigenvalue weighted by Crippen LogP contribution is 2.39. The van der Waals surface area contributed by atoms with E-state index in [2.05, 4.69) is 59.4 Å². The summed E-state index contributed by atoms with van der Waals surface area (Å²) in [5.41, 5.74) is 1.89. The third kappa shape index (κ3) is 5.29. The van der Waals surface area contributed by atoms with Crippen LogP contribution in [0.4, 0.5) is 0 Å². The molecule has 2 aliphatic heterocycles. The molecule has 2 fully saturated rings. The van der Waals surface area contributed by atoms with Gasteiger partial charge in [-0.15, -0.1) is 0 Å². The fraction of sp³-hybridized carbons (Fsp3) is 0.727. The standard InChI is InChI=1S/C22H37N3O/c1-3-22(12-9-19-7-5-4-6-8-19)13-17-25(18-14-22)21(26)23-20-10-15-24(2)16-11-20/h4-8,20-21,23,26H,3,9-18H2,1-2H3. The van der Waals surface area contributed by atoms with E-state index in [-0.39, 0.29) is 0 Å². The second kappa shape index (κ2) is 9.32. The summed E-state index contributed by atoms with van der Waals surface area (Å²) in [5, 5.41) is 14.1. The number of nitrogens with one attached hydrogen (secondary N) is 1. The first-order valence-corrected chi connectivity index (χ1v) is 10.5. The van der Waals surface area contributed by atoms with Crippen LogP contribution in [0.5, 0.6) is 0 Å². The molecule has 1 unspecified atom stereocenters. The molecule has 0 aliphatic carbocycles. The van der Waals surface area contributed by atoms with Crippen LogP contribution < -0.4 is 5.32 Å². The molecule has 2 saturated heterocycles. The molecule has 0 aromatic heterocycles. The van der Waals surface area contributed by atoms with Crippen molar-refractivity contribution in [3.05, 3.63) is 35.9 Å². The van der Waals surface area contributed by atoms with Gasteiger partial charge in [-0.1, -0.05) is 43.7 Å². The minimum atomic E-state index is -0.479. The Bertz CT molecular complexity index is 519. The van der Waals surface area contributed by atoms with Gasteiger partial charge < -0.3 is 10.0 Å². The van der Waals surface area contributed by atoms with Crippen molar-refractivity contribution in [3.8, 4) is 0 Å². The van der Waals surface area contributed by atoms with Gasteiger partial charge in [0.15, 0.2) is 6.35 Å². The monoisotopic (exact) mass is 359 g/mol. The van der Waals surface area contributed by atoms with E-state index in [0.717, 1.165) is 39.0 Å². The Morgan fingerprint density at radius 2 is 1.77 bits per heavy atom. The SMILES string of the molecule is CCC1(CCc2ccccc2)CCN(C(O)NC2CCN(C)CC2)CC1. The van der Waals surface area contributed by atoms with Gasteiger partial charge in [0, 0.05) is 19.1 Å². The molecular formula is C22H37N3O. The first-order valence-electron chi connectivity index (χ1n) is 10.5. The Kier molecular flexibility index (Phi) is 7.10. The van der Waals surface area contributed by atoms with Gasteiger partial charge in [-0.3, -0.25) is 10.2 Å². The van der Waals surface area contributed by atoms with E-state index in [0.29, 0.717) is 11.5 Å². The number of aryl methyl sites for hydroxylation is 1. The lowest BCUT2D eigenvalue weighted by atomic mass is 9.72. The van der Waals surface area contributed by atoms with Crippen molar-refractivity contribution in [1.29, 1.82) is 0 Å². The number of piperidine rings is 2. The van der Waals surface area contributed by atoms with Crippen molar-refractivity contribution in [3.63, 3.8) is 0 Å². The van der Waals surface area contributed by atoms with E-state index in [1.165, 1.54) is 37.7 Å². The zero-order valence-electron chi connectivity index (χ0n) is 16.7. The number of aliphatic hydroxyl groups is 1. The number of likely N-dealkylation sites (tertiary alicyclic amines) is 2. The van der Waals surface area contributed by atoms with Crippen molar-refractivity contribution in [2.45, 2.75) is 64.3 Å². The van der Waals surface area contributed by atoms with Crippen LogP contribution in [-0.2, 0) is 6.42 Å². The Morgan fingerprint density at radius 3 is 2.38 bits per heavy atom. The highest BCUT2D eigenvalue weighted by molar-refractivity contribution is 5.15. The summed E-state index contributed by atoms with van der Waals surface area (Å²) >= 11 is 0. The lowest BCUT2D eigenvalue weighted by molar-refractivity contribution is -0.0654. The van der Waals surface area contributed by atoms with E-state index in [1.807, 2.05) is 0 Å². The predicted octanol–water partition coefficient (Wildman–Crippen LogP) is 3.07. The summed E-state index contributed by atoms with van der Waals surface area (Å²) in [4.78, 5) is 4.61. The second-order valence-electron chi connectivity index (χ2n) is 8.49. The lowest BCUT2D eigenvalue weighted by Gasteiger charge is -2.44. The predicted molar refractivity (Wildman–Crippen MR) is 108 cm³/mol. The van der Waals surface area contributed by atoms with Crippen LogP contribution in [-0.4, -0.2) is 60.5 Å². The maximum Gasteiger partial charge on any atom is 0.163 e. The van der Waals surface area contributed by atoms with Crippen LogP contribution in [0, 0.1) is 5.41 Å². The molecule has 2 N–H and O–H groups in total. The van der Waals surface area contributed by atoms with Crippen molar-refractivity contribution in [2.75, 3.05) is 33.2 Å². The molecule has 0 saturated carbocycles. The number of nitrogens with zero attached hydrogens (tertiary/aromatic N) is 2. The molecule has 0 amide bonds. The zero-order chi connectivity index (χ0) is 18.4. The molecule has 0 radical (unpaired) electrons. The smallest absolute Gasteiger partial charge is 0.163 e. The van der Waals surface area contributed by atoms with Crippen molar-refractivity contribution in [2.24, 2.45) is 5.41 Å². The Hall–Kier alpha value is -0.940. The number of hydrogen-bond acceptors (Lipinski definition) is 4. The van der Waals surface area contributed by atoms with E-state index >= 15 is 0 Å². The maximum atomic E-state index is 10.6. The molecule has 3 rings (SSSR count). The molecule has 1 atom stereocenters. The molecular weight excluding hydrogens is 322 g/mol. The minimum Gasteiger partial charge on any atom is -0.365 e. The maximum absolute atomic E-state index is 10.6. The number of hydrogen-bond donors (Lipinski definition) is 2. The number of benzene rings is 1. The molecule has 4 nitrogen and oxygen atoms in total. The summed E-state index contributed by atoms with van der Waals surface area (Å²) in [6.07, 6.45) is 7.86. The molecule has 2 heterocycles. The summed E-state index contributed by atoms with van der Waals surface area (Å²) in [7, 11) is 2.18. The summed E-state index contributed by atoms with van der Waals surface area (Å²) in [6, 6.07) is 11.3. The molecule has 0 bridgehead atoms. The van der Waals surface area contributed by atoms with Gasteiger partial charge in [0.05, 0.1) is 0 Å². The van der Waals surface area contributed by atoms with Crippen LogP contribution in [0.1, 0.15) is 51.0 Å². The van der Waals surface area contributed by atoms with Gasteiger partial charge in [-0.25, -0.2) is 0 Å². The van der Waals surface area contributed by atoms with Gasteiger partial charge in [0.1, 0.15) is 0 Å². The van der Waals surface area contributed by atoms with Gasteiger partial charge in [-0.2, -0.15) is 0 Å². The second-order valence-corrected chi connectivity index (χ2v) is 8.49. The Labute approximate surface area is 159 Å². The average Bonchev–Trinajstić information content (AvgIpc) is 2.69. The molecule has 2 aliphatic rings. The first kappa shape index (κ1) is 19.8. The highest BCUT2D eigenvalue weighted by atomic mass is 16.3. The summed E-state index contributed by atoms with van der Waals surface area (Å²) in [6.45, 7) is 6.60. The van der Waals surface area contributed by atoms with E-state index in [4.69, 9.17) is 0 Å². The van der Waals surface area contributed by atoms with Crippen LogP contribution in [0.25, 0.3) is 0 Å². The number of aliphatic hydroxyl groups excluding tert-OH is 1. The molecule has 146 valence electrons. The zero-order valence-corrected chi connectivity index (χ0v) is 16.7. The van der Waals surface area contributed by atoms with Crippen molar-refractivity contribution >= 4 is 0 Å². The average molecular weight is 360 g/mol. The van der Waals surface area contributed by atoms with Gasteiger partial charge in [-0.05, 0) is 69.6 Å². The first-order chi connectivity index (χ1) is 12.6. The topological polar surface area (TPSA) is 38.7 Å². The van der Waals surface area contributed by atoms with Crippen LogP contribution >= 0.6 is 0 Å². The van der Waals surface area contributed by atoms with Crippen LogP contribution in [0.15, 0.2) is 30.3 Å². The summed E-state index contributed by atoms with van der Waals surface area (Å²) in [5.74, 6) is 0. The van der Waals surface area contributed by atoms with Crippen LogP contribution in [0.2, 0.25) is 0 Å². The van der Waals surface area contributed by atoms with Crippen molar-refractivity contribution in [1.82, 2.24) is 15.1 Å². The normalized spacial score (nSPS) is 23.8. The van der Waals surface area contributed by atoms with Crippen LogP contribution in [0.3, 0.4) is 0 Å². The molecule has 0 spiro atoms. The van der Waals surface area contributed by atoms with E-state index in [9.17, 15) is 5.11 Å². The largest absolute Gasteiger partial charge is 0.365 e. The lowest BCUT2D eigenvalue weighted by Crippen LogP contribution is -2.55. The fourth-order valence-corrected chi connectivity index (χ4v) is 4.57. The van der Waals surface area contributed by atoms with Crippen molar-refractivity contribution < 1.29 is 5.11 Å². The summed E-state index contributed by atoms with van der Waals surface area (Å²) < 4.78 is 0. The Balaban J connectivity index is 1.45. The number of rotatable bonds is 7. The Morgan fingerprint density at radius 1 is 1.12 bits per heavy atom. The minimum absolute atomic E-state index is 0.444. The fourth-order valence-electron chi connectivity index (χ4n) is 4.57. The van der Waals surface area contributed by atoms with E-state index < -0.39 is 6.35 Å². The highest BCUT2D eigenvalue weighted by Gasteiger charge is 2.35. The molecule has 4 heteroatoms. The van der Waals surface area contributed by atoms with Gasteiger partial charge in [0.25, 0.3) is 0 Å². The third-order valence-corrected chi connectivity index (χ3v) is 6.84. The molecule has 1 aromatic rings. The van der Waals surface area contributed by atoms with Gasteiger partial charge >= 0.3 is 0 Å². The van der Waals surface area contributed by atoms with Gasteiger partial charge in [0.2, 0.25) is 0 Å². The quantitative estimate of drug-likeness (QED) is 0.734. The van der Waals surface area contributed by atoms with E-state index in [1.54, 1.807) is 0 Å². The third-order valence-electron chi connectivity index (χ3n) is 6.84. The molecule has 26 heavy (non-hydrogen) atoms. The molecule has 1 aromatic carbocycles.